The summed E-state index contributed by atoms with van der Waals surface area (Å²) in [5.41, 5.74) is 1.36. The lowest BCUT2D eigenvalue weighted by molar-refractivity contribution is -0.119. The van der Waals surface area contributed by atoms with Gasteiger partial charge in [-0.15, -0.1) is 0 Å². The van der Waals surface area contributed by atoms with Crippen LogP contribution in [-0.2, 0) is 17.9 Å². The number of nitrogens with zero attached hydrogens (tertiary/aromatic N) is 4. The predicted molar refractivity (Wildman–Crippen MR) is 95.1 cm³/mol. The summed E-state index contributed by atoms with van der Waals surface area (Å²) < 4.78 is 1.30. The van der Waals surface area contributed by atoms with Crippen molar-refractivity contribution in [1.29, 1.82) is 0 Å². The van der Waals surface area contributed by atoms with Crippen molar-refractivity contribution in [3.8, 4) is 0 Å². The zero-order valence-corrected chi connectivity index (χ0v) is 13.9. The molecule has 2 aromatic heterocycles. The van der Waals surface area contributed by atoms with Gasteiger partial charge in [-0.2, -0.15) is 0 Å². The molecular formula is C19H18N4O2. The van der Waals surface area contributed by atoms with E-state index >= 15 is 0 Å². The first-order valence-corrected chi connectivity index (χ1v) is 7.92. The minimum Gasteiger partial charge on any atom is -0.291 e. The van der Waals surface area contributed by atoms with Gasteiger partial charge in [0.2, 0.25) is 5.91 Å². The van der Waals surface area contributed by atoms with Crippen molar-refractivity contribution >= 4 is 11.7 Å². The summed E-state index contributed by atoms with van der Waals surface area (Å²) in [5, 5.41) is 0. The first-order valence-electron chi connectivity index (χ1n) is 7.92. The van der Waals surface area contributed by atoms with E-state index in [0.29, 0.717) is 18.1 Å². The lowest BCUT2D eigenvalue weighted by atomic mass is 10.2. The van der Waals surface area contributed by atoms with Gasteiger partial charge in [-0.1, -0.05) is 36.4 Å². The highest BCUT2D eigenvalue weighted by Crippen LogP contribution is 2.14. The Kier molecular flexibility index (Phi) is 4.99. The third kappa shape index (κ3) is 4.17. The molecule has 0 fully saturated rings. The summed E-state index contributed by atoms with van der Waals surface area (Å²) in [5.74, 6) is 0.319. The molecule has 0 saturated heterocycles. The molecule has 0 radical (unpaired) electrons. The normalized spacial score (nSPS) is 10.4. The van der Waals surface area contributed by atoms with Gasteiger partial charge < -0.3 is 0 Å². The molecule has 2 heterocycles. The van der Waals surface area contributed by atoms with E-state index in [9.17, 15) is 9.59 Å². The molecule has 0 atom stereocenters. The summed E-state index contributed by atoms with van der Waals surface area (Å²) in [4.78, 5) is 34.8. The Morgan fingerprint density at radius 3 is 2.52 bits per heavy atom. The topological polar surface area (TPSA) is 68.1 Å². The third-order valence-corrected chi connectivity index (χ3v) is 3.73. The smallest absolute Gasteiger partial charge is 0.253 e. The number of amides is 1. The van der Waals surface area contributed by atoms with Gasteiger partial charge in [-0.3, -0.25) is 19.1 Å². The van der Waals surface area contributed by atoms with Crippen LogP contribution < -0.4 is 10.5 Å². The Morgan fingerprint density at radius 2 is 1.84 bits per heavy atom. The van der Waals surface area contributed by atoms with E-state index in [-0.39, 0.29) is 18.0 Å². The van der Waals surface area contributed by atoms with Crippen LogP contribution in [0.5, 0.6) is 0 Å². The van der Waals surface area contributed by atoms with Gasteiger partial charge in [0.25, 0.3) is 5.56 Å². The van der Waals surface area contributed by atoms with E-state index in [1.165, 1.54) is 17.0 Å². The summed E-state index contributed by atoms with van der Waals surface area (Å²) >= 11 is 0. The molecule has 0 N–H and O–H groups in total. The molecule has 6 heteroatoms. The van der Waals surface area contributed by atoms with Gasteiger partial charge in [0.15, 0.2) is 0 Å². The summed E-state index contributed by atoms with van der Waals surface area (Å²) in [6.45, 7) is 2.03. The van der Waals surface area contributed by atoms with Crippen molar-refractivity contribution in [3.05, 3.63) is 88.7 Å². The van der Waals surface area contributed by atoms with E-state index in [2.05, 4.69) is 9.97 Å². The van der Waals surface area contributed by atoms with Crippen molar-refractivity contribution in [1.82, 2.24) is 14.5 Å². The molecule has 0 saturated carbocycles. The largest absolute Gasteiger partial charge is 0.291 e. The third-order valence-electron chi connectivity index (χ3n) is 3.73. The average molecular weight is 334 g/mol. The fourth-order valence-electron chi connectivity index (χ4n) is 2.44. The SMILES string of the molecule is Cc1cc(=O)n(CC(=O)N(Cc2ccccc2)c2ccccn2)cn1. The molecule has 0 spiro atoms. The Morgan fingerprint density at radius 1 is 1.08 bits per heavy atom. The molecule has 0 bridgehead atoms. The number of aromatic nitrogens is 3. The van der Waals surface area contributed by atoms with Crippen LogP contribution in [0.1, 0.15) is 11.3 Å². The molecule has 3 rings (SSSR count). The lowest BCUT2D eigenvalue weighted by Gasteiger charge is -2.22. The van der Waals surface area contributed by atoms with Crippen LogP contribution in [0.3, 0.4) is 0 Å². The van der Waals surface area contributed by atoms with Gasteiger partial charge in [0.05, 0.1) is 12.9 Å². The minimum absolute atomic E-state index is 0.0878. The molecular weight excluding hydrogens is 316 g/mol. The van der Waals surface area contributed by atoms with Crippen LogP contribution in [0.4, 0.5) is 5.82 Å². The molecule has 3 aromatic rings. The zero-order valence-electron chi connectivity index (χ0n) is 13.9. The van der Waals surface area contributed by atoms with Crippen molar-refractivity contribution in [2.75, 3.05) is 4.90 Å². The second kappa shape index (κ2) is 7.53. The minimum atomic E-state index is -0.249. The molecule has 6 nitrogen and oxygen atoms in total. The van der Waals surface area contributed by atoms with Gasteiger partial charge in [0, 0.05) is 18.0 Å². The molecule has 1 amide bonds. The molecule has 0 aliphatic carbocycles. The molecule has 126 valence electrons. The highest BCUT2D eigenvalue weighted by atomic mass is 16.2. The van der Waals surface area contributed by atoms with E-state index < -0.39 is 0 Å². The molecule has 0 aliphatic rings. The highest BCUT2D eigenvalue weighted by Gasteiger charge is 2.18. The fraction of sp³-hybridized carbons (Fsp3) is 0.158. The summed E-state index contributed by atoms with van der Waals surface area (Å²) in [6.07, 6.45) is 3.04. The maximum atomic E-state index is 12.9. The highest BCUT2D eigenvalue weighted by molar-refractivity contribution is 5.92. The number of benzene rings is 1. The molecule has 1 aromatic carbocycles. The Balaban J connectivity index is 1.88. The zero-order chi connectivity index (χ0) is 17.6. The Labute approximate surface area is 145 Å². The number of carbonyl (C=O) groups excluding carboxylic acids is 1. The van der Waals surface area contributed by atoms with E-state index in [1.54, 1.807) is 30.2 Å². The fourth-order valence-corrected chi connectivity index (χ4v) is 2.44. The standard InChI is InChI=1S/C19H18N4O2/c1-15-11-18(24)22(14-21-15)13-19(25)23(17-9-5-6-10-20-17)12-16-7-3-2-4-8-16/h2-11,14H,12-13H2,1H3. The van der Waals surface area contributed by atoms with Crippen molar-refractivity contribution in [2.24, 2.45) is 0 Å². The number of carbonyl (C=O) groups is 1. The van der Waals surface area contributed by atoms with Crippen molar-refractivity contribution in [3.63, 3.8) is 0 Å². The van der Waals surface area contributed by atoms with E-state index in [0.717, 1.165) is 5.56 Å². The molecule has 0 unspecified atom stereocenters. The Hall–Kier alpha value is -3.28. The van der Waals surface area contributed by atoms with Crippen LogP contribution in [0.25, 0.3) is 0 Å². The number of pyridine rings is 1. The average Bonchev–Trinajstić information content (AvgIpc) is 2.63. The van der Waals surface area contributed by atoms with E-state index in [4.69, 9.17) is 0 Å². The van der Waals surface area contributed by atoms with Gasteiger partial charge >= 0.3 is 0 Å². The van der Waals surface area contributed by atoms with Crippen LogP contribution in [0, 0.1) is 6.92 Å². The number of rotatable bonds is 5. The Bertz CT molecular complexity index is 907. The maximum Gasteiger partial charge on any atom is 0.253 e. The second-order valence-electron chi connectivity index (χ2n) is 5.65. The molecule has 25 heavy (non-hydrogen) atoms. The quantitative estimate of drug-likeness (QED) is 0.717. The summed E-state index contributed by atoms with van der Waals surface area (Å²) in [6, 6.07) is 16.5. The number of anilines is 1. The van der Waals surface area contributed by atoms with Crippen molar-refractivity contribution < 1.29 is 4.79 Å². The number of aryl methyl sites for hydroxylation is 1. The molecule has 0 aliphatic heterocycles. The van der Waals surface area contributed by atoms with E-state index in [1.807, 2.05) is 36.4 Å². The lowest BCUT2D eigenvalue weighted by Crippen LogP contribution is -2.36. The number of hydrogen-bond donors (Lipinski definition) is 0. The predicted octanol–water partition coefficient (Wildman–Crippen LogP) is 2.18. The monoisotopic (exact) mass is 334 g/mol. The number of hydrogen-bond acceptors (Lipinski definition) is 4. The first kappa shape index (κ1) is 16.6. The van der Waals surface area contributed by atoms with Gasteiger partial charge in [-0.25, -0.2) is 9.97 Å². The van der Waals surface area contributed by atoms with Gasteiger partial charge in [-0.05, 0) is 24.6 Å². The van der Waals surface area contributed by atoms with Crippen LogP contribution in [0.2, 0.25) is 0 Å². The van der Waals surface area contributed by atoms with Crippen molar-refractivity contribution in [2.45, 2.75) is 20.0 Å². The van der Waals surface area contributed by atoms with Gasteiger partial charge in [0.1, 0.15) is 12.4 Å². The summed E-state index contributed by atoms with van der Waals surface area (Å²) in [7, 11) is 0. The first-order chi connectivity index (χ1) is 12.1. The maximum absolute atomic E-state index is 12.9. The van der Waals surface area contributed by atoms with Crippen LogP contribution >= 0.6 is 0 Å². The van der Waals surface area contributed by atoms with Crippen LogP contribution in [-0.4, -0.2) is 20.4 Å². The second-order valence-corrected chi connectivity index (χ2v) is 5.65. The van der Waals surface area contributed by atoms with Crippen LogP contribution in [0.15, 0.2) is 71.9 Å².